The number of aromatic hydroxyl groups is 1. The smallest absolute Gasteiger partial charge is 0.274 e. The summed E-state index contributed by atoms with van der Waals surface area (Å²) in [5.74, 6) is -5.04. The molecular weight excluding hydrogens is 439 g/mol. The Kier molecular flexibility index (Phi) is 5.84. The average Bonchev–Trinajstić information content (AvgIpc) is 2.85. The molecule has 0 radical (unpaired) electrons. The molecule has 2 aliphatic rings. The maximum atomic E-state index is 15.2. The van der Waals surface area contributed by atoms with E-state index in [0.29, 0.717) is 5.56 Å². The second-order valence-electron chi connectivity index (χ2n) is 9.34. The summed E-state index contributed by atoms with van der Waals surface area (Å²) >= 11 is 0. The van der Waals surface area contributed by atoms with Gasteiger partial charge in [0.15, 0.2) is 0 Å². The maximum Gasteiger partial charge on any atom is 0.274 e. The van der Waals surface area contributed by atoms with E-state index in [1.807, 2.05) is 24.3 Å². The molecule has 0 amide bonds. The van der Waals surface area contributed by atoms with Gasteiger partial charge in [-0.2, -0.15) is 0 Å². The normalized spacial score (nSPS) is 22.3. The largest absolute Gasteiger partial charge is 0.508 e. The van der Waals surface area contributed by atoms with E-state index in [2.05, 4.69) is 4.90 Å². The third-order valence-electron chi connectivity index (χ3n) is 7.30. The number of piperidine rings is 1. The molecular formula is C28H26F3NO2. The molecule has 3 aromatic carbocycles. The summed E-state index contributed by atoms with van der Waals surface area (Å²) in [7, 11) is 0. The number of carbonyl (C=O) groups excluding carboxylic acids is 1. The highest BCUT2D eigenvalue weighted by Gasteiger charge is 2.47. The van der Waals surface area contributed by atoms with Crippen LogP contribution < -0.4 is 4.90 Å². The molecule has 1 aliphatic carbocycles. The van der Waals surface area contributed by atoms with Crippen LogP contribution in [0.5, 0.6) is 5.75 Å². The highest BCUT2D eigenvalue weighted by molar-refractivity contribution is 5.56. The number of hydrogen-bond acceptors (Lipinski definition) is 3. The SMILES string of the molecule is O=CC1CCN(c2ccc([C@@H]3c4ccc(O)cc4C(F)(F)C[C@@H]3c3ccccc3F)cc2)CC1. The van der Waals surface area contributed by atoms with Crippen molar-refractivity contribution in [1.29, 1.82) is 0 Å². The second kappa shape index (κ2) is 8.82. The van der Waals surface area contributed by atoms with Crippen molar-refractivity contribution < 1.29 is 23.1 Å². The van der Waals surface area contributed by atoms with Crippen LogP contribution in [0.25, 0.3) is 0 Å². The second-order valence-corrected chi connectivity index (χ2v) is 9.34. The minimum atomic E-state index is -3.19. The van der Waals surface area contributed by atoms with Crippen LogP contribution in [0.3, 0.4) is 0 Å². The van der Waals surface area contributed by atoms with Crippen LogP contribution >= 0.6 is 0 Å². The van der Waals surface area contributed by atoms with E-state index in [4.69, 9.17) is 0 Å². The number of carbonyl (C=O) groups is 1. The van der Waals surface area contributed by atoms with E-state index < -0.39 is 30.0 Å². The Bertz CT molecular complexity index is 1190. The summed E-state index contributed by atoms with van der Waals surface area (Å²) in [6.45, 7) is 1.58. The number of fused-ring (bicyclic) bond motifs is 1. The molecule has 2 atom stereocenters. The molecule has 0 spiro atoms. The molecule has 176 valence electrons. The Morgan fingerprint density at radius 2 is 1.65 bits per heavy atom. The van der Waals surface area contributed by atoms with Gasteiger partial charge in [-0.05, 0) is 59.9 Å². The van der Waals surface area contributed by atoms with E-state index in [-0.39, 0.29) is 22.8 Å². The molecule has 0 bridgehead atoms. The number of nitrogens with zero attached hydrogens (tertiary/aromatic N) is 1. The number of rotatable bonds is 4. The molecule has 34 heavy (non-hydrogen) atoms. The first-order valence-electron chi connectivity index (χ1n) is 11.6. The number of alkyl halides is 2. The number of benzene rings is 3. The number of phenols is 1. The van der Waals surface area contributed by atoms with Crippen molar-refractivity contribution in [3.8, 4) is 5.75 Å². The molecule has 0 aromatic heterocycles. The number of aldehydes is 1. The summed E-state index contributed by atoms with van der Waals surface area (Å²) in [6, 6.07) is 18.0. The first kappa shape index (κ1) is 22.5. The van der Waals surface area contributed by atoms with Crippen LogP contribution in [0.2, 0.25) is 0 Å². The topological polar surface area (TPSA) is 40.5 Å². The lowest BCUT2D eigenvalue weighted by atomic mass is 9.67. The summed E-state index contributed by atoms with van der Waals surface area (Å²) in [5.41, 5.74) is 2.31. The van der Waals surface area contributed by atoms with Gasteiger partial charge in [0.1, 0.15) is 17.9 Å². The van der Waals surface area contributed by atoms with E-state index >= 15 is 8.78 Å². The molecule has 3 aromatic rings. The number of anilines is 1. The zero-order valence-corrected chi connectivity index (χ0v) is 18.6. The molecule has 1 N–H and O–H groups in total. The minimum absolute atomic E-state index is 0.105. The van der Waals surface area contributed by atoms with Gasteiger partial charge in [0, 0.05) is 48.5 Å². The van der Waals surface area contributed by atoms with Gasteiger partial charge < -0.3 is 14.8 Å². The van der Waals surface area contributed by atoms with Crippen LogP contribution in [-0.2, 0) is 10.7 Å². The van der Waals surface area contributed by atoms with Crippen LogP contribution in [0.4, 0.5) is 18.9 Å². The number of hydrogen-bond donors (Lipinski definition) is 1. The fourth-order valence-corrected chi connectivity index (χ4v) is 5.52. The molecule has 1 saturated heterocycles. The third kappa shape index (κ3) is 4.06. The predicted molar refractivity (Wildman–Crippen MR) is 125 cm³/mol. The van der Waals surface area contributed by atoms with Gasteiger partial charge in [0.25, 0.3) is 5.92 Å². The van der Waals surface area contributed by atoms with E-state index in [9.17, 15) is 14.3 Å². The lowest BCUT2D eigenvalue weighted by Crippen LogP contribution is -2.34. The van der Waals surface area contributed by atoms with Crippen LogP contribution in [0, 0.1) is 11.7 Å². The quantitative estimate of drug-likeness (QED) is 0.456. The fourth-order valence-electron chi connectivity index (χ4n) is 5.52. The van der Waals surface area contributed by atoms with Gasteiger partial charge >= 0.3 is 0 Å². The Labute approximate surface area is 196 Å². The summed E-state index contributed by atoms with van der Waals surface area (Å²) < 4.78 is 45.3. The average molecular weight is 466 g/mol. The van der Waals surface area contributed by atoms with Crippen molar-refractivity contribution in [1.82, 2.24) is 0 Å². The maximum absolute atomic E-state index is 15.2. The van der Waals surface area contributed by atoms with Crippen molar-refractivity contribution in [2.45, 2.75) is 37.0 Å². The van der Waals surface area contributed by atoms with E-state index in [0.717, 1.165) is 49.5 Å². The third-order valence-corrected chi connectivity index (χ3v) is 7.30. The Hall–Kier alpha value is -3.28. The summed E-state index contributed by atoms with van der Waals surface area (Å²) in [6.07, 6.45) is 2.11. The highest BCUT2D eigenvalue weighted by Crippen LogP contribution is 2.55. The first-order chi connectivity index (χ1) is 16.4. The molecule has 0 unspecified atom stereocenters. The lowest BCUT2D eigenvalue weighted by molar-refractivity contribution is -0.111. The Morgan fingerprint density at radius 3 is 2.32 bits per heavy atom. The van der Waals surface area contributed by atoms with Crippen molar-refractivity contribution in [2.24, 2.45) is 5.92 Å². The zero-order valence-electron chi connectivity index (χ0n) is 18.6. The van der Waals surface area contributed by atoms with Gasteiger partial charge in [-0.3, -0.25) is 0 Å². The van der Waals surface area contributed by atoms with Crippen LogP contribution in [0.15, 0.2) is 66.7 Å². The van der Waals surface area contributed by atoms with Gasteiger partial charge in [-0.1, -0.05) is 36.4 Å². The van der Waals surface area contributed by atoms with Gasteiger partial charge in [0.05, 0.1) is 0 Å². The van der Waals surface area contributed by atoms with Gasteiger partial charge in [-0.15, -0.1) is 0 Å². The van der Waals surface area contributed by atoms with Gasteiger partial charge in [0.2, 0.25) is 0 Å². The molecule has 1 heterocycles. The van der Waals surface area contributed by atoms with E-state index in [1.165, 1.54) is 18.2 Å². The van der Waals surface area contributed by atoms with Crippen molar-refractivity contribution in [2.75, 3.05) is 18.0 Å². The molecule has 3 nitrogen and oxygen atoms in total. The highest BCUT2D eigenvalue weighted by atomic mass is 19.3. The van der Waals surface area contributed by atoms with Crippen molar-refractivity contribution in [3.05, 3.63) is 94.8 Å². The standard InChI is InChI=1S/C28H26F3NO2/c29-26-4-2-1-3-22(26)24-16-28(30,31)25-15-21(34)9-10-23(25)27(24)19-5-7-20(8-6-19)32-13-11-18(17-33)12-14-32/h1-10,15,17-18,24,27,34H,11-14,16H2/t24-,27-/m1/s1. The van der Waals surface area contributed by atoms with Crippen LogP contribution in [-0.4, -0.2) is 24.5 Å². The van der Waals surface area contributed by atoms with Gasteiger partial charge in [-0.25, -0.2) is 13.2 Å². The fraction of sp³-hybridized carbons (Fsp3) is 0.321. The molecule has 1 aliphatic heterocycles. The zero-order chi connectivity index (χ0) is 23.9. The Morgan fingerprint density at radius 1 is 0.941 bits per heavy atom. The van der Waals surface area contributed by atoms with Crippen molar-refractivity contribution in [3.63, 3.8) is 0 Å². The molecule has 6 heteroatoms. The minimum Gasteiger partial charge on any atom is -0.508 e. The number of phenolic OH excluding ortho intramolecular Hbond substituents is 1. The Balaban J connectivity index is 1.55. The molecule has 1 fully saturated rings. The number of halogens is 3. The molecule has 5 rings (SSSR count). The molecule has 0 saturated carbocycles. The van der Waals surface area contributed by atoms with E-state index in [1.54, 1.807) is 18.2 Å². The van der Waals surface area contributed by atoms with Crippen LogP contribution in [0.1, 0.15) is 53.4 Å². The summed E-state index contributed by atoms with van der Waals surface area (Å²) in [5, 5.41) is 9.90. The van der Waals surface area contributed by atoms with Crippen molar-refractivity contribution >= 4 is 12.0 Å². The predicted octanol–water partition coefficient (Wildman–Crippen LogP) is 6.36. The monoisotopic (exact) mass is 465 g/mol. The first-order valence-corrected chi connectivity index (χ1v) is 11.6. The lowest BCUT2D eigenvalue weighted by Gasteiger charge is -2.39. The summed E-state index contributed by atoms with van der Waals surface area (Å²) in [4.78, 5) is 13.3.